The van der Waals surface area contributed by atoms with Crippen LogP contribution in [0.3, 0.4) is 0 Å². The van der Waals surface area contributed by atoms with Crippen molar-refractivity contribution in [2.75, 3.05) is 13.2 Å². The van der Waals surface area contributed by atoms with E-state index in [9.17, 15) is 0 Å². The lowest BCUT2D eigenvalue weighted by atomic mass is 10.2. The molecule has 0 atom stereocenters. The number of ether oxygens (including phenoxy) is 1. The van der Waals surface area contributed by atoms with Gasteiger partial charge in [-0.1, -0.05) is 24.3 Å². The first-order valence-corrected chi connectivity index (χ1v) is 9.73. The van der Waals surface area contributed by atoms with Crippen molar-refractivity contribution in [3.8, 4) is 16.3 Å². The van der Waals surface area contributed by atoms with Crippen molar-refractivity contribution in [2.45, 2.75) is 32.9 Å². The van der Waals surface area contributed by atoms with Crippen molar-refractivity contribution in [3.63, 3.8) is 0 Å². The molecular weight excluding hydrogens is 330 g/mol. The number of quaternary nitrogens is 1. The molecule has 3 rings (SSSR count). The number of hydrogen-bond donors (Lipinski definition) is 1. The topological polar surface area (TPSA) is 43.7 Å². The highest BCUT2D eigenvalue weighted by atomic mass is 32.1. The van der Waals surface area contributed by atoms with Crippen LogP contribution in [0.4, 0.5) is 0 Å². The Hall–Kier alpha value is -1.95. The molecule has 0 aliphatic carbocycles. The Bertz CT molecular complexity index is 751. The Morgan fingerprint density at radius 1 is 1.16 bits per heavy atom. The van der Waals surface area contributed by atoms with Crippen LogP contribution in [0.5, 0.6) is 0 Å². The van der Waals surface area contributed by atoms with Gasteiger partial charge in [-0.25, -0.2) is 4.68 Å². The van der Waals surface area contributed by atoms with Crippen LogP contribution in [-0.4, -0.2) is 29.0 Å². The van der Waals surface area contributed by atoms with Crippen LogP contribution in [0.25, 0.3) is 16.3 Å². The molecular formula is C20H26N3OS+. The van der Waals surface area contributed by atoms with Crippen LogP contribution in [0, 0.1) is 0 Å². The molecule has 0 saturated carbocycles. The van der Waals surface area contributed by atoms with Gasteiger partial charge in [0.15, 0.2) is 0 Å². The average molecular weight is 357 g/mol. The standard InChI is InChI=1S/C20H25N3OS/c1-16(2)24-12-7-11-21-14-17-15-23(18-8-4-3-5-9-18)22-20(17)19-10-6-13-25-19/h3-6,8-10,13,15-16,21H,7,11-12,14H2,1-2H3/p+1. The zero-order chi connectivity index (χ0) is 17.5. The number of rotatable bonds is 9. The van der Waals surface area contributed by atoms with Crippen LogP contribution in [0.15, 0.2) is 54.0 Å². The lowest BCUT2D eigenvalue weighted by Crippen LogP contribution is -2.82. The molecule has 0 radical (unpaired) electrons. The summed E-state index contributed by atoms with van der Waals surface area (Å²) in [6, 6.07) is 14.5. The molecule has 4 nitrogen and oxygen atoms in total. The fourth-order valence-corrected chi connectivity index (χ4v) is 3.44. The highest BCUT2D eigenvalue weighted by Crippen LogP contribution is 2.27. The zero-order valence-electron chi connectivity index (χ0n) is 14.9. The Balaban J connectivity index is 1.68. The summed E-state index contributed by atoms with van der Waals surface area (Å²) in [4.78, 5) is 1.22. The maximum absolute atomic E-state index is 5.60. The summed E-state index contributed by atoms with van der Waals surface area (Å²) in [5.74, 6) is 0. The van der Waals surface area contributed by atoms with Gasteiger partial charge in [0.25, 0.3) is 0 Å². The smallest absolute Gasteiger partial charge is 0.112 e. The second-order valence-electron chi connectivity index (χ2n) is 6.31. The molecule has 2 heterocycles. The molecule has 0 fully saturated rings. The third kappa shape index (κ3) is 5.01. The zero-order valence-corrected chi connectivity index (χ0v) is 15.7. The second-order valence-corrected chi connectivity index (χ2v) is 7.26. The summed E-state index contributed by atoms with van der Waals surface area (Å²) in [6.45, 7) is 6.98. The summed E-state index contributed by atoms with van der Waals surface area (Å²) < 4.78 is 7.59. The van der Waals surface area contributed by atoms with E-state index >= 15 is 0 Å². The van der Waals surface area contributed by atoms with Crippen molar-refractivity contribution in [1.29, 1.82) is 0 Å². The molecule has 2 aromatic heterocycles. The van der Waals surface area contributed by atoms with Crippen molar-refractivity contribution in [1.82, 2.24) is 9.78 Å². The summed E-state index contributed by atoms with van der Waals surface area (Å²) in [5.41, 5.74) is 3.46. The minimum Gasteiger partial charge on any atom is -0.379 e. The third-order valence-electron chi connectivity index (χ3n) is 3.93. The average Bonchev–Trinajstić information content (AvgIpc) is 3.28. The minimum absolute atomic E-state index is 0.314. The Morgan fingerprint density at radius 2 is 2.00 bits per heavy atom. The molecule has 1 aromatic carbocycles. The maximum Gasteiger partial charge on any atom is 0.112 e. The fourth-order valence-electron chi connectivity index (χ4n) is 2.70. The first-order chi connectivity index (χ1) is 12.2. The van der Waals surface area contributed by atoms with E-state index < -0.39 is 0 Å². The highest BCUT2D eigenvalue weighted by molar-refractivity contribution is 7.13. The summed E-state index contributed by atoms with van der Waals surface area (Å²) in [7, 11) is 0. The van der Waals surface area contributed by atoms with E-state index in [2.05, 4.69) is 55.0 Å². The summed E-state index contributed by atoms with van der Waals surface area (Å²) in [5, 5.41) is 9.29. The summed E-state index contributed by atoms with van der Waals surface area (Å²) in [6.07, 6.45) is 3.54. The van der Waals surface area contributed by atoms with E-state index in [1.807, 2.05) is 22.9 Å². The highest BCUT2D eigenvalue weighted by Gasteiger charge is 2.14. The van der Waals surface area contributed by atoms with E-state index in [0.717, 1.165) is 37.5 Å². The van der Waals surface area contributed by atoms with Crippen molar-refractivity contribution < 1.29 is 10.1 Å². The lowest BCUT2D eigenvalue weighted by Gasteiger charge is -2.06. The normalized spacial score (nSPS) is 11.3. The van der Waals surface area contributed by atoms with Gasteiger partial charge in [-0.15, -0.1) is 11.3 Å². The largest absolute Gasteiger partial charge is 0.379 e. The van der Waals surface area contributed by atoms with E-state index in [1.165, 1.54) is 10.4 Å². The van der Waals surface area contributed by atoms with Gasteiger partial charge in [0, 0.05) is 12.6 Å². The molecule has 0 aliphatic rings. The van der Waals surface area contributed by atoms with Crippen LogP contribution < -0.4 is 5.32 Å². The molecule has 2 N–H and O–H groups in total. The van der Waals surface area contributed by atoms with Gasteiger partial charge in [0.1, 0.15) is 12.2 Å². The van der Waals surface area contributed by atoms with Gasteiger partial charge in [-0.2, -0.15) is 5.10 Å². The van der Waals surface area contributed by atoms with Crippen molar-refractivity contribution in [3.05, 3.63) is 59.6 Å². The molecule has 0 saturated heterocycles. The van der Waals surface area contributed by atoms with Gasteiger partial charge >= 0.3 is 0 Å². The lowest BCUT2D eigenvalue weighted by molar-refractivity contribution is -0.671. The SMILES string of the molecule is CC(C)OCCC[NH2+]Cc1cn(-c2ccccc2)nc1-c1cccs1. The predicted octanol–water partition coefficient (Wildman–Crippen LogP) is 3.48. The molecule has 0 bridgehead atoms. The van der Waals surface area contributed by atoms with Crippen molar-refractivity contribution in [2.24, 2.45) is 0 Å². The molecule has 0 unspecified atom stereocenters. The van der Waals surface area contributed by atoms with Crippen LogP contribution in [0.2, 0.25) is 0 Å². The number of thiophene rings is 1. The molecule has 5 heteroatoms. The number of benzene rings is 1. The molecule has 0 spiro atoms. The number of nitrogens with zero attached hydrogens (tertiary/aromatic N) is 2. The molecule has 3 aromatic rings. The fraction of sp³-hybridized carbons (Fsp3) is 0.350. The molecule has 0 aliphatic heterocycles. The molecule has 132 valence electrons. The monoisotopic (exact) mass is 356 g/mol. The minimum atomic E-state index is 0.314. The first kappa shape index (κ1) is 17.9. The van der Waals surface area contributed by atoms with E-state index in [1.54, 1.807) is 11.3 Å². The second kappa shape index (κ2) is 8.94. The van der Waals surface area contributed by atoms with E-state index in [4.69, 9.17) is 9.84 Å². The Labute approximate surface area is 153 Å². The predicted molar refractivity (Wildman–Crippen MR) is 103 cm³/mol. The first-order valence-electron chi connectivity index (χ1n) is 8.85. The number of nitrogens with two attached hydrogens (primary N) is 1. The quantitative estimate of drug-likeness (QED) is 0.597. The van der Waals surface area contributed by atoms with Gasteiger partial charge in [0.2, 0.25) is 0 Å². The van der Waals surface area contributed by atoms with Crippen LogP contribution in [0.1, 0.15) is 25.8 Å². The molecule has 0 amide bonds. The van der Waals surface area contributed by atoms with Gasteiger partial charge in [-0.3, -0.25) is 0 Å². The van der Waals surface area contributed by atoms with Gasteiger partial charge in [-0.05, 0) is 37.4 Å². The number of aromatic nitrogens is 2. The molecule has 25 heavy (non-hydrogen) atoms. The Kier molecular flexibility index (Phi) is 6.39. The van der Waals surface area contributed by atoms with Crippen LogP contribution >= 0.6 is 11.3 Å². The van der Waals surface area contributed by atoms with Crippen molar-refractivity contribution >= 4 is 11.3 Å². The Morgan fingerprint density at radius 3 is 2.72 bits per heavy atom. The van der Waals surface area contributed by atoms with Gasteiger partial charge < -0.3 is 10.1 Å². The maximum atomic E-state index is 5.60. The number of para-hydroxylation sites is 1. The van der Waals surface area contributed by atoms with Crippen LogP contribution in [-0.2, 0) is 11.3 Å². The third-order valence-corrected chi connectivity index (χ3v) is 4.81. The van der Waals surface area contributed by atoms with E-state index in [0.29, 0.717) is 6.10 Å². The summed E-state index contributed by atoms with van der Waals surface area (Å²) >= 11 is 1.74. The van der Waals surface area contributed by atoms with Gasteiger partial charge in [0.05, 0.1) is 35.4 Å². The van der Waals surface area contributed by atoms with E-state index in [-0.39, 0.29) is 0 Å². The number of hydrogen-bond acceptors (Lipinski definition) is 3.